The summed E-state index contributed by atoms with van der Waals surface area (Å²) < 4.78 is 0. The van der Waals surface area contributed by atoms with Crippen LogP contribution in [0.2, 0.25) is 0 Å². The summed E-state index contributed by atoms with van der Waals surface area (Å²) in [7, 11) is 0. The van der Waals surface area contributed by atoms with Gasteiger partial charge in [-0.1, -0.05) is 77.8 Å². The van der Waals surface area contributed by atoms with Crippen LogP contribution in [0.15, 0.2) is 24.3 Å². The number of aliphatic hydroxyl groups is 8. The first-order valence-corrected chi connectivity index (χ1v) is 25.5. The summed E-state index contributed by atoms with van der Waals surface area (Å²) in [5.41, 5.74) is 5.20. The lowest BCUT2D eigenvalue weighted by Gasteiger charge is -2.34. The van der Waals surface area contributed by atoms with Crippen LogP contribution in [-0.4, -0.2) is 196 Å². The molecule has 25 heteroatoms. The van der Waals surface area contributed by atoms with Crippen LogP contribution < -0.4 is 32.3 Å². The highest BCUT2D eigenvalue weighted by molar-refractivity contribution is 5.98. The highest BCUT2D eigenvalue weighted by atomic mass is 16.3. The molecule has 4 rings (SSSR count). The molecule has 3 fully saturated rings. The van der Waals surface area contributed by atoms with Crippen LogP contribution in [-0.2, 0) is 38.4 Å². The minimum absolute atomic E-state index is 0.0759. The Bertz CT molecular complexity index is 2070. The molecule has 15 atom stereocenters. The predicted octanol–water partition coefficient (Wildman–Crippen LogP) is -3.73. The van der Waals surface area contributed by atoms with E-state index in [0.717, 1.165) is 67.7 Å². The SMILES string of the molecule is CC[C@H](C)C[C@H](C)CCCCCCCCC(=O)N[C@H]1C[C@@H](O)[C@@H](O)NC(=O)[C@@H]2[C@@H](O)CCN2C(=O)[C@H]([C@H](O)CC(N)=O)NC(=O)[C@H]([C@@H](O)[C@@H](O)c2ccc(O)cc2)NC(=O)[C@H]2C[C@H](O)CN2C(=O)[C@H](CO)NC1=O. The first-order valence-electron chi connectivity index (χ1n) is 25.5. The molecule has 0 aromatic heterocycles. The number of aliphatic hydroxyl groups excluding tert-OH is 8. The van der Waals surface area contributed by atoms with Crippen molar-refractivity contribution in [2.24, 2.45) is 17.6 Å². The molecule has 3 heterocycles. The Morgan fingerprint density at radius 3 is 2.03 bits per heavy atom. The van der Waals surface area contributed by atoms with Gasteiger partial charge in [0.2, 0.25) is 47.3 Å². The van der Waals surface area contributed by atoms with Crippen LogP contribution in [0, 0.1) is 11.8 Å². The molecule has 0 spiro atoms. The molecule has 1 aromatic rings. The van der Waals surface area contributed by atoms with Crippen molar-refractivity contribution in [2.75, 3.05) is 19.7 Å². The quantitative estimate of drug-likeness (QED) is 0.0558. The number of nitrogens with one attached hydrogen (secondary N) is 5. The van der Waals surface area contributed by atoms with Gasteiger partial charge in [-0.15, -0.1) is 0 Å². The van der Waals surface area contributed by atoms with Gasteiger partial charge in [0.25, 0.3) is 0 Å². The van der Waals surface area contributed by atoms with Crippen molar-refractivity contribution in [1.29, 1.82) is 0 Å². The molecular formula is C49H78N8O17. The van der Waals surface area contributed by atoms with Crippen LogP contribution in [0.1, 0.15) is 122 Å². The van der Waals surface area contributed by atoms with Crippen molar-refractivity contribution in [3.05, 3.63) is 29.8 Å². The van der Waals surface area contributed by atoms with Gasteiger partial charge in [0.05, 0.1) is 31.3 Å². The van der Waals surface area contributed by atoms with Crippen LogP contribution in [0.3, 0.4) is 0 Å². The van der Waals surface area contributed by atoms with Crippen molar-refractivity contribution in [3.63, 3.8) is 0 Å². The van der Waals surface area contributed by atoms with E-state index in [-0.39, 0.29) is 24.2 Å². The summed E-state index contributed by atoms with van der Waals surface area (Å²) in [5.74, 6) is -8.57. The standard InChI is InChI=1S/C49H78N8O17/c1-4-25(2)19-26(3)11-9-7-5-6-8-10-12-37(65)51-30-21-35(63)45(70)55-47(72)40-33(61)17-18-56(40)49(74)38(34(62)22-36(50)64)53-46(71)39(42(67)41(66)27-13-15-28(59)16-14-27)54-44(69)32-20-29(60)23-57(32)48(73)31(24-58)52-43(30)68/h13-16,25-26,29-35,38-42,45,58-63,66-67,70H,4-12,17-24H2,1-3H3,(H2,50,64)(H,51,65)(H,52,68)(H,53,71)(H,54,69)(H,55,72)/t25-,26+,29-,30-,31-,32+,33-,34+,35+,38-,39-,40-,41-,42+,45+/m0/s1. The van der Waals surface area contributed by atoms with E-state index in [9.17, 15) is 84.3 Å². The van der Waals surface area contributed by atoms with Gasteiger partial charge in [-0.2, -0.15) is 0 Å². The van der Waals surface area contributed by atoms with Gasteiger partial charge in [0.15, 0.2) is 6.23 Å². The smallest absolute Gasteiger partial charge is 0.248 e. The summed E-state index contributed by atoms with van der Waals surface area (Å²) >= 11 is 0. The van der Waals surface area contributed by atoms with Crippen LogP contribution in [0.4, 0.5) is 0 Å². The molecule has 3 aliphatic rings. The number of phenolic OH excluding ortho intramolecular Hbond substituents is 1. The first kappa shape index (κ1) is 61.0. The Kier molecular flexibility index (Phi) is 23.9. The molecule has 3 saturated heterocycles. The van der Waals surface area contributed by atoms with Crippen LogP contribution >= 0.6 is 0 Å². The molecule has 0 aliphatic carbocycles. The molecule has 25 nitrogen and oxygen atoms in total. The fourth-order valence-corrected chi connectivity index (χ4v) is 9.63. The topological polar surface area (TPSA) is 411 Å². The Labute approximate surface area is 429 Å². The largest absolute Gasteiger partial charge is 0.508 e. The Balaban J connectivity index is 1.67. The number of hydrogen-bond acceptors (Lipinski definition) is 17. The van der Waals surface area contributed by atoms with E-state index in [1.165, 1.54) is 6.42 Å². The fourth-order valence-electron chi connectivity index (χ4n) is 9.63. The van der Waals surface area contributed by atoms with E-state index in [2.05, 4.69) is 42.0 Å². The second-order valence-corrected chi connectivity index (χ2v) is 20.1. The van der Waals surface area contributed by atoms with Crippen molar-refractivity contribution in [3.8, 4) is 5.75 Å². The van der Waals surface area contributed by atoms with E-state index in [4.69, 9.17) is 5.73 Å². The maximum Gasteiger partial charge on any atom is 0.248 e. The van der Waals surface area contributed by atoms with Gasteiger partial charge in [0, 0.05) is 32.4 Å². The molecule has 0 unspecified atom stereocenters. The van der Waals surface area contributed by atoms with E-state index >= 15 is 0 Å². The normalized spacial score (nSPS) is 28.8. The number of aromatic hydroxyl groups is 1. The number of unbranched alkanes of at least 4 members (excludes halogenated alkanes) is 5. The van der Waals surface area contributed by atoms with E-state index in [1.807, 2.05) is 5.32 Å². The molecular weight excluding hydrogens is 973 g/mol. The molecule has 74 heavy (non-hydrogen) atoms. The lowest BCUT2D eigenvalue weighted by molar-refractivity contribution is -0.149. The minimum atomic E-state index is -2.36. The summed E-state index contributed by atoms with van der Waals surface area (Å²) in [4.78, 5) is 112. The Hall–Kier alpha value is -5.54. The number of phenols is 1. The molecule has 1 aromatic carbocycles. The number of benzene rings is 1. The molecule has 0 radical (unpaired) electrons. The number of rotatable bonds is 20. The van der Waals surface area contributed by atoms with Crippen LogP contribution in [0.25, 0.3) is 0 Å². The van der Waals surface area contributed by atoms with Gasteiger partial charge in [-0.25, -0.2) is 0 Å². The first-order chi connectivity index (χ1) is 35.0. The zero-order valence-corrected chi connectivity index (χ0v) is 42.3. The number of amides is 8. The molecule has 416 valence electrons. The zero-order valence-electron chi connectivity index (χ0n) is 42.3. The maximum atomic E-state index is 14.3. The molecule has 0 saturated carbocycles. The number of carbonyl (C=O) groups excluding carboxylic acids is 8. The average molecular weight is 1050 g/mol. The lowest BCUT2D eigenvalue weighted by Crippen LogP contribution is -2.64. The Morgan fingerprint density at radius 2 is 1.39 bits per heavy atom. The number of carbonyl (C=O) groups is 8. The number of hydrogen-bond donors (Lipinski definition) is 15. The number of nitrogens with zero attached hydrogens (tertiary/aromatic N) is 2. The van der Waals surface area contributed by atoms with Crippen molar-refractivity contribution < 1.29 is 84.3 Å². The molecule has 3 aliphatic heterocycles. The van der Waals surface area contributed by atoms with Gasteiger partial charge >= 0.3 is 0 Å². The van der Waals surface area contributed by atoms with Gasteiger partial charge in [0.1, 0.15) is 60.3 Å². The monoisotopic (exact) mass is 1050 g/mol. The molecule has 0 bridgehead atoms. The van der Waals surface area contributed by atoms with Gasteiger partial charge < -0.3 is 88.1 Å². The summed E-state index contributed by atoms with van der Waals surface area (Å²) in [5, 5.41) is 110. The van der Waals surface area contributed by atoms with Gasteiger partial charge in [-0.05, 0) is 48.8 Å². The lowest BCUT2D eigenvalue weighted by atomic mass is 9.91. The van der Waals surface area contributed by atoms with E-state index in [0.29, 0.717) is 29.6 Å². The predicted molar refractivity (Wildman–Crippen MR) is 261 cm³/mol. The molecule has 8 amide bonds. The summed E-state index contributed by atoms with van der Waals surface area (Å²) in [6, 6.07) is -7.31. The highest BCUT2D eigenvalue weighted by Gasteiger charge is 2.48. The fraction of sp³-hybridized carbons (Fsp3) is 0.714. The Morgan fingerprint density at radius 1 is 0.757 bits per heavy atom. The van der Waals surface area contributed by atoms with Gasteiger partial charge in [-0.3, -0.25) is 38.4 Å². The van der Waals surface area contributed by atoms with Crippen molar-refractivity contribution in [1.82, 2.24) is 36.4 Å². The van der Waals surface area contributed by atoms with Crippen LogP contribution in [0.5, 0.6) is 5.75 Å². The summed E-state index contributed by atoms with van der Waals surface area (Å²) in [6.07, 6.45) is -8.34. The van der Waals surface area contributed by atoms with Crippen molar-refractivity contribution >= 4 is 47.3 Å². The maximum absolute atomic E-state index is 14.3. The number of primary amides is 1. The van der Waals surface area contributed by atoms with E-state index < -0.39 is 165 Å². The second-order valence-electron chi connectivity index (χ2n) is 20.1. The third kappa shape index (κ3) is 17.3. The summed E-state index contributed by atoms with van der Waals surface area (Å²) in [6.45, 7) is 4.53. The average Bonchev–Trinajstić information content (AvgIpc) is 3.95. The zero-order chi connectivity index (χ0) is 55.0. The second kappa shape index (κ2) is 28.9. The highest BCUT2D eigenvalue weighted by Crippen LogP contribution is 2.26. The number of fused-ring (bicyclic) bond motifs is 2. The third-order valence-corrected chi connectivity index (χ3v) is 14.1. The molecule has 16 N–H and O–H groups in total. The third-order valence-electron chi connectivity index (χ3n) is 14.1. The minimum Gasteiger partial charge on any atom is -0.508 e. The van der Waals surface area contributed by atoms with E-state index in [1.54, 1.807) is 0 Å². The number of nitrogens with two attached hydrogens (primary N) is 1. The van der Waals surface area contributed by atoms with Crippen molar-refractivity contribution in [2.45, 2.75) is 190 Å².